The van der Waals surface area contributed by atoms with Gasteiger partial charge in [-0.1, -0.05) is 19.1 Å². The first-order valence-corrected chi connectivity index (χ1v) is 10.5. The van der Waals surface area contributed by atoms with E-state index in [0.717, 1.165) is 41.5 Å². The lowest BCUT2D eigenvalue weighted by Crippen LogP contribution is -2.27. The van der Waals surface area contributed by atoms with Crippen molar-refractivity contribution in [3.63, 3.8) is 0 Å². The summed E-state index contributed by atoms with van der Waals surface area (Å²) in [7, 11) is -4.12. The maximum Gasteiger partial charge on any atom is 0.573 e. The van der Waals surface area contributed by atoms with E-state index in [1.54, 1.807) is 12.1 Å². The van der Waals surface area contributed by atoms with Crippen molar-refractivity contribution in [1.29, 1.82) is 0 Å². The summed E-state index contributed by atoms with van der Waals surface area (Å²) in [5.41, 5.74) is 6.44. The number of hydrogen-bond donors (Lipinski definition) is 2. The number of hydrazine groups is 1. The van der Waals surface area contributed by atoms with E-state index < -0.39 is 21.9 Å². The SMILES string of the molecule is CCc1ccc(S(=O)(=O)c2cnc3ccc(OC(F)(F)F)cc3c2N(N)/C=C\N)cc1. The quantitative estimate of drug-likeness (QED) is 0.434. The molecule has 1 aromatic heterocycles. The molecule has 0 saturated carbocycles. The minimum absolute atomic E-state index is 0.0140. The van der Waals surface area contributed by atoms with Gasteiger partial charge in [-0.15, -0.1) is 13.2 Å². The minimum Gasteiger partial charge on any atom is -0.406 e. The van der Waals surface area contributed by atoms with Gasteiger partial charge in [0.1, 0.15) is 10.6 Å². The lowest BCUT2D eigenvalue weighted by molar-refractivity contribution is -0.274. The molecule has 0 aliphatic rings. The van der Waals surface area contributed by atoms with Crippen LogP contribution in [0.1, 0.15) is 12.5 Å². The van der Waals surface area contributed by atoms with Crippen LogP contribution < -0.4 is 21.3 Å². The van der Waals surface area contributed by atoms with Crippen molar-refractivity contribution < 1.29 is 26.3 Å². The van der Waals surface area contributed by atoms with Crippen LogP contribution in [0.4, 0.5) is 18.9 Å². The van der Waals surface area contributed by atoms with Gasteiger partial charge in [-0.25, -0.2) is 14.3 Å². The Hall–Kier alpha value is -3.31. The van der Waals surface area contributed by atoms with E-state index in [0.29, 0.717) is 0 Å². The molecule has 0 saturated heterocycles. The number of nitrogens with two attached hydrogens (primary N) is 2. The van der Waals surface area contributed by atoms with Crippen LogP contribution in [0.15, 0.2) is 70.9 Å². The molecule has 0 aliphatic heterocycles. The molecule has 0 bridgehead atoms. The minimum atomic E-state index is -4.93. The summed E-state index contributed by atoms with van der Waals surface area (Å²) in [5.74, 6) is 5.44. The zero-order chi connectivity index (χ0) is 22.8. The molecule has 7 nitrogen and oxygen atoms in total. The van der Waals surface area contributed by atoms with E-state index in [2.05, 4.69) is 9.72 Å². The van der Waals surface area contributed by atoms with Gasteiger partial charge in [0.15, 0.2) is 0 Å². The van der Waals surface area contributed by atoms with E-state index >= 15 is 0 Å². The fourth-order valence-corrected chi connectivity index (χ4v) is 4.41. The number of rotatable bonds is 6. The molecule has 0 aliphatic carbocycles. The number of halogens is 3. The monoisotopic (exact) mass is 452 g/mol. The Balaban J connectivity index is 2.27. The molecule has 3 rings (SSSR count). The number of fused-ring (bicyclic) bond motifs is 1. The van der Waals surface area contributed by atoms with E-state index in [1.165, 1.54) is 24.4 Å². The summed E-state index contributed by atoms with van der Waals surface area (Å²) in [5, 5.41) is 0.947. The summed E-state index contributed by atoms with van der Waals surface area (Å²) in [6.07, 6.45) is -0.857. The highest BCUT2D eigenvalue weighted by Crippen LogP contribution is 2.37. The Bertz CT molecular complexity index is 1230. The number of aryl methyl sites for hydroxylation is 1. The Morgan fingerprint density at radius 3 is 2.42 bits per heavy atom. The maximum atomic E-state index is 13.3. The molecule has 0 atom stereocenters. The Morgan fingerprint density at radius 1 is 1.16 bits per heavy atom. The normalized spacial score (nSPS) is 12.4. The molecule has 11 heteroatoms. The molecule has 0 unspecified atom stereocenters. The van der Waals surface area contributed by atoms with Gasteiger partial charge in [-0.3, -0.25) is 9.99 Å². The lowest BCUT2D eigenvalue weighted by Gasteiger charge is -2.20. The summed E-state index contributed by atoms with van der Waals surface area (Å²) in [4.78, 5) is 3.78. The molecule has 31 heavy (non-hydrogen) atoms. The molecule has 0 fully saturated rings. The Kier molecular flexibility index (Phi) is 6.09. The van der Waals surface area contributed by atoms with Crippen LogP contribution in [-0.4, -0.2) is 19.8 Å². The van der Waals surface area contributed by atoms with Gasteiger partial charge in [0.2, 0.25) is 9.84 Å². The average Bonchev–Trinajstić information content (AvgIpc) is 2.71. The van der Waals surface area contributed by atoms with Crippen molar-refractivity contribution in [1.82, 2.24) is 4.98 Å². The second-order valence-electron chi connectivity index (χ2n) is 6.45. The molecule has 0 radical (unpaired) electrons. The van der Waals surface area contributed by atoms with Crippen LogP contribution >= 0.6 is 0 Å². The molecule has 3 aromatic rings. The highest BCUT2D eigenvalue weighted by Gasteiger charge is 2.32. The summed E-state index contributed by atoms with van der Waals surface area (Å²) in [6.45, 7) is 1.93. The molecule has 2 aromatic carbocycles. The van der Waals surface area contributed by atoms with Crippen molar-refractivity contribution in [2.75, 3.05) is 5.01 Å². The van der Waals surface area contributed by atoms with Gasteiger partial charge in [0.05, 0.1) is 16.1 Å². The van der Waals surface area contributed by atoms with Crippen LogP contribution in [-0.2, 0) is 16.3 Å². The van der Waals surface area contributed by atoms with Gasteiger partial charge >= 0.3 is 6.36 Å². The zero-order valence-electron chi connectivity index (χ0n) is 16.3. The standard InChI is InChI=1S/C20H19F3N4O3S/c1-2-13-3-6-15(7-4-13)31(28,29)18-12-26-17-8-5-14(30-20(21,22)23)11-16(17)19(18)27(25)10-9-24/h3-12H,2,24-25H2,1H3/b10-9-. The van der Waals surface area contributed by atoms with Crippen molar-refractivity contribution in [2.24, 2.45) is 11.6 Å². The first kappa shape index (κ1) is 22.4. The highest BCUT2D eigenvalue weighted by atomic mass is 32.2. The van der Waals surface area contributed by atoms with Crippen LogP contribution in [0.5, 0.6) is 5.75 Å². The molecule has 1 heterocycles. The number of benzene rings is 2. The second kappa shape index (κ2) is 8.44. The first-order chi connectivity index (χ1) is 14.6. The van der Waals surface area contributed by atoms with Gasteiger partial charge in [-0.05, 0) is 42.3 Å². The van der Waals surface area contributed by atoms with Crippen molar-refractivity contribution in [3.8, 4) is 5.75 Å². The highest BCUT2D eigenvalue weighted by molar-refractivity contribution is 7.91. The first-order valence-electron chi connectivity index (χ1n) is 9.01. The molecular weight excluding hydrogens is 433 g/mol. The van der Waals surface area contributed by atoms with Crippen molar-refractivity contribution in [3.05, 3.63) is 66.6 Å². The molecule has 0 spiro atoms. The predicted octanol–water partition coefficient (Wildman–Crippen LogP) is 3.64. The van der Waals surface area contributed by atoms with Crippen LogP contribution in [0.25, 0.3) is 10.9 Å². The summed E-state index contributed by atoms with van der Waals surface area (Å²) in [6, 6.07) is 9.62. The van der Waals surface area contributed by atoms with Gasteiger partial charge in [0.25, 0.3) is 0 Å². The number of hydrogen-bond acceptors (Lipinski definition) is 7. The molecule has 164 valence electrons. The third-order valence-corrected chi connectivity index (χ3v) is 6.22. The summed E-state index contributed by atoms with van der Waals surface area (Å²) >= 11 is 0. The van der Waals surface area contributed by atoms with E-state index in [-0.39, 0.29) is 26.4 Å². The number of ether oxygens (including phenoxy) is 1. The third kappa shape index (κ3) is 4.72. The van der Waals surface area contributed by atoms with Crippen LogP contribution in [0, 0.1) is 0 Å². The van der Waals surface area contributed by atoms with E-state index in [1.807, 2.05) is 6.92 Å². The zero-order valence-corrected chi connectivity index (χ0v) is 17.1. The van der Waals surface area contributed by atoms with Gasteiger partial charge in [0, 0.05) is 24.0 Å². The molecule has 0 amide bonds. The van der Waals surface area contributed by atoms with Crippen molar-refractivity contribution in [2.45, 2.75) is 29.5 Å². The number of anilines is 1. The fraction of sp³-hybridized carbons (Fsp3) is 0.150. The van der Waals surface area contributed by atoms with Gasteiger partial charge < -0.3 is 10.5 Å². The fourth-order valence-electron chi connectivity index (χ4n) is 3.00. The molecule has 4 N–H and O–H groups in total. The Labute approximate surface area is 176 Å². The number of aromatic nitrogens is 1. The number of nitrogens with zero attached hydrogens (tertiary/aromatic N) is 2. The van der Waals surface area contributed by atoms with E-state index in [9.17, 15) is 21.6 Å². The van der Waals surface area contributed by atoms with Crippen molar-refractivity contribution >= 4 is 26.4 Å². The van der Waals surface area contributed by atoms with Crippen LogP contribution in [0.3, 0.4) is 0 Å². The predicted molar refractivity (Wildman–Crippen MR) is 110 cm³/mol. The van der Waals surface area contributed by atoms with Gasteiger partial charge in [-0.2, -0.15) is 0 Å². The largest absolute Gasteiger partial charge is 0.573 e. The summed E-state index contributed by atoms with van der Waals surface area (Å²) < 4.78 is 68.7. The molecular formula is C20H19F3N4O3S. The van der Waals surface area contributed by atoms with Crippen LogP contribution in [0.2, 0.25) is 0 Å². The average molecular weight is 452 g/mol. The second-order valence-corrected chi connectivity index (χ2v) is 8.37. The number of pyridine rings is 1. The maximum absolute atomic E-state index is 13.3. The van der Waals surface area contributed by atoms with E-state index in [4.69, 9.17) is 11.6 Å². The number of sulfone groups is 1. The topological polar surface area (TPSA) is 112 Å². The smallest absolute Gasteiger partial charge is 0.406 e. The Morgan fingerprint density at radius 2 is 1.84 bits per heavy atom. The number of alkyl halides is 3. The lowest BCUT2D eigenvalue weighted by atomic mass is 10.1. The third-order valence-electron chi connectivity index (χ3n) is 4.45.